The van der Waals surface area contributed by atoms with E-state index in [-0.39, 0.29) is 17.7 Å². The number of halogens is 1. The molecule has 26 heavy (non-hydrogen) atoms. The summed E-state index contributed by atoms with van der Waals surface area (Å²) in [5, 5.41) is 6.27. The topological polar surface area (TPSA) is 67.4 Å². The van der Waals surface area contributed by atoms with E-state index in [2.05, 4.69) is 10.6 Å². The molecular formula is C20H23ClN2O3. The van der Waals surface area contributed by atoms with Gasteiger partial charge >= 0.3 is 0 Å². The minimum atomic E-state index is -0.635. The number of amides is 2. The van der Waals surface area contributed by atoms with Gasteiger partial charge in [-0.1, -0.05) is 37.6 Å². The quantitative estimate of drug-likeness (QED) is 0.780. The van der Waals surface area contributed by atoms with Crippen LogP contribution in [0.5, 0.6) is 5.75 Å². The first kappa shape index (κ1) is 19.8. The van der Waals surface area contributed by atoms with Crippen molar-refractivity contribution in [1.29, 1.82) is 0 Å². The number of nitrogens with one attached hydrogen (secondary N) is 2. The molecule has 0 spiro atoms. The zero-order valence-electron chi connectivity index (χ0n) is 15.1. The van der Waals surface area contributed by atoms with Crippen molar-refractivity contribution in [2.45, 2.75) is 26.4 Å². The van der Waals surface area contributed by atoms with Gasteiger partial charge in [0.2, 0.25) is 5.91 Å². The fraction of sp³-hybridized carbons (Fsp3) is 0.300. The third kappa shape index (κ3) is 5.49. The summed E-state index contributed by atoms with van der Waals surface area (Å²) in [6.07, 6.45) is 0. The molecule has 2 rings (SSSR count). The summed E-state index contributed by atoms with van der Waals surface area (Å²) in [6.45, 7) is 4.12. The van der Waals surface area contributed by atoms with Crippen LogP contribution in [-0.4, -0.2) is 25.0 Å². The zero-order chi connectivity index (χ0) is 19.1. The third-order valence-electron chi connectivity index (χ3n) is 3.94. The van der Waals surface area contributed by atoms with Gasteiger partial charge in [0.15, 0.2) is 0 Å². The summed E-state index contributed by atoms with van der Waals surface area (Å²) in [7, 11) is 1.56. The maximum Gasteiger partial charge on any atom is 0.251 e. The molecule has 0 aliphatic carbocycles. The van der Waals surface area contributed by atoms with Gasteiger partial charge in [0.1, 0.15) is 11.8 Å². The Morgan fingerprint density at radius 1 is 1.12 bits per heavy atom. The summed E-state index contributed by atoms with van der Waals surface area (Å²) >= 11 is 5.95. The maximum absolute atomic E-state index is 12.5. The zero-order valence-corrected chi connectivity index (χ0v) is 15.8. The Labute approximate surface area is 158 Å². The van der Waals surface area contributed by atoms with E-state index in [9.17, 15) is 9.59 Å². The Bertz CT molecular complexity index is 760. The highest BCUT2D eigenvalue weighted by Crippen LogP contribution is 2.13. The monoisotopic (exact) mass is 374 g/mol. The molecule has 2 aromatic rings. The molecule has 2 amide bonds. The smallest absolute Gasteiger partial charge is 0.251 e. The Kier molecular flexibility index (Phi) is 7.04. The number of ether oxygens (including phenoxy) is 1. The highest BCUT2D eigenvalue weighted by molar-refractivity contribution is 6.30. The first-order valence-electron chi connectivity index (χ1n) is 8.37. The van der Waals surface area contributed by atoms with Crippen molar-refractivity contribution >= 4 is 23.4 Å². The standard InChI is InChI=1S/C20H23ClN2O3/c1-13(2)18(20(25)22-12-14-5-4-6-16(21)11-14)23-19(24)15-7-9-17(26-3)10-8-15/h4-11,13,18H,12H2,1-3H3,(H,22,25)(H,23,24)/t18-/m1/s1. The highest BCUT2D eigenvalue weighted by atomic mass is 35.5. The van der Waals surface area contributed by atoms with Crippen LogP contribution in [0.2, 0.25) is 5.02 Å². The van der Waals surface area contributed by atoms with Gasteiger partial charge in [0.25, 0.3) is 5.91 Å². The molecule has 0 heterocycles. The molecule has 1 atom stereocenters. The molecule has 2 N–H and O–H groups in total. The number of benzene rings is 2. The van der Waals surface area contributed by atoms with Crippen molar-refractivity contribution in [2.75, 3.05) is 7.11 Å². The number of carbonyl (C=O) groups is 2. The molecule has 0 saturated heterocycles. The molecule has 2 aromatic carbocycles. The fourth-order valence-electron chi connectivity index (χ4n) is 2.45. The molecule has 0 radical (unpaired) electrons. The predicted octanol–water partition coefficient (Wildman–Crippen LogP) is 3.42. The van der Waals surface area contributed by atoms with E-state index in [0.717, 1.165) is 5.56 Å². The van der Waals surface area contributed by atoms with E-state index in [1.165, 1.54) is 0 Å². The lowest BCUT2D eigenvalue weighted by Gasteiger charge is -2.22. The van der Waals surface area contributed by atoms with Crippen LogP contribution in [0.25, 0.3) is 0 Å². The van der Waals surface area contributed by atoms with Crippen molar-refractivity contribution in [1.82, 2.24) is 10.6 Å². The second-order valence-corrected chi connectivity index (χ2v) is 6.71. The molecule has 0 aliphatic rings. The van der Waals surface area contributed by atoms with Gasteiger partial charge in [0, 0.05) is 17.1 Å². The van der Waals surface area contributed by atoms with E-state index in [4.69, 9.17) is 16.3 Å². The van der Waals surface area contributed by atoms with Gasteiger partial charge in [-0.15, -0.1) is 0 Å². The second-order valence-electron chi connectivity index (χ2n) is 6.27. The number of hydrogen-bond donors (Lipinski definition) is 2. The number of rotatable bonds is 7. The number of methoxy groups -OCH3 is 1. The van der Waals surface area contributed by atoms with Gasteiger partial charge in [-0.05, 0) is 47.9 Å². The van der Waals surface area contributed by atoms with Crippen molar-refractivity contribution < 1.29 is 14.3 Å². The Morgan fingerprint density at radius 3 is 2.38 bits per heavy atom. The van der Waals surface area contributed by atoms with E-state index < -0.39 is 6.04 Å². The Hall–Kier alpha value is -2.53. The highest BCUT2D eigenvalue weighted by Gasteiger charge is 2.24. The van der Waals surface area contributed by atoms with Crippen molar-refractivity contribution in [3.63, 3.8) is 0 Å². The van der Waals surface area contributed by atoms with Crippen LogP contribution in [0.1, 0.15) is 29.8 Å². The molecular weight excluding hydrogens is 352 g/mol. The van der Waals surface area contributed by atoms with Crippen LogP contribution in [0.4, 0.5) is 0 Å². The second kappa shape index (κ2) is 9.25. The van der Waals surface area contributed by atoms with Crippen LogP contribution in [0.3, 0.4) is 0 Å². The third-order valence-corrected chi connectivity index (χ3v) is 4.18. The summed E-state index contributed by atoms with van der Waals surface area (Å²) in [6, 6.07) is 13.4. The molecule has 0 aliphatic heterocycles. The van der Waals surface area contributed by atoms with Gasteiger partial charge in [-0.3, -0.25) is 9.59 Å². The van der Waals surface area contributed by atoms with Crippen LogP contribution < -0.4 is 15.4 Å². The van der Waals surface area contributed by atoms with E-state index in [0.29, 0.717) is 22.9 Å². The lowest BCUT2D eigenvalue weighted by molar-refractivity contribution is -0.124. The fourth-order valence-corrected chi connectivity index (χ4v) is 2.66. The summed E-state index contributed by atoms with van der Waals surface area (Å²) in [4.78, 5) is 25.0. The average Bonchev–Trinajstić information content (AvgIpc) is 2.64. The molecule has 0 saturated carbocycles. The molecule has 5 nitrogen and oxygen atoms in total. The largest absolute Gasteiger partial charge is 0.497 e. The summed E-state index contributed by atoms with van der Waals surface area (Å²) in [5.41, 5.74) is 1.37. The number of hydrogen-bond acceptors (Lipinski definition) is 3. The number of carbonyl (C=O) groups excluding carboxylic acids is 2. The minimum Gasteiger partial charge on any atom is -0.497 e. The van der Waals surface area contributed by atoms with E-state index >= 15 is 0 Å². The molecule has 0 aromatic heterocycles. The summed E-state index contributed by atoms with van der Waals surface area (Å²) < 4.78 is 5.08. The minimum absolute atomic E-state index is 0.0587. The molecule has 0 fully saturated rings. The van der Waals surface area contributed by atoms with E-state index in [1.807, 2.05) is 26.0 Å². The van der Waals surface area contributed by atoms with Gasteiger partial charge in [-0.25, -0.2) is 0 Å². The normalized spacial score (nSPS) is 11.7. The Balaban J connectivity index is 2.00. The summed E-state index contributed by atoms with van der Waals surface area (Å²) in [5.74, 6) is 0.0730. The van der Waals surface area contributed by atoms with E-state index in [1.54, 1.807) is 43.5 Å². The van der Waals surface area contributed by atoms with Crippen LogP contribution in [0.15, 0.2) is 48.5 Å². The van der Waals surface area contributed by atoms with Crippen LogP contribution in [-0.2, 0) is 11.3 Å². The first-order valence-corrected chi connectivity index (χ1v) is 8.75. The predicted molar refractivity (Wildman–Crippen MR) is 102 cm³/mol. The van der Waals surface area contributed by atoms with Crippen molar-refractivity contribution in [3.05, 3.63) is 64.7 Å². The molecule has 0 bridgehead atoms. The first-order chi connectivity index (χ1) is 12.4. The van der Waals surface area contributed by atoms with Crippen molar-refractivity contribution in [2.24, 2.45) is 5.92 Å². The van der Waals surface area contributed by atoms with Gasteiger partial charge in [0.05, 0.1) is 7.11 Å². The molecule has 138 valence electrons. The molecule has 0 unspecified atom stereocenters. The lowest BCUT2D eigenvalue weighted by atomic mass is 10.0. The Morgan fingerprint density at radius 2 is 1.81 bits per heavy atom. The van der Waals surface area contributed by atoms with Crippen LogP contribution >= 0.6 is 11.6 Å². The SMILES string of the molecule is COc1ccc(C(=O)N[C@@H](C(=O)NCc2cccc(Cl)c2)C(C)C)cc1. The lowest BCUT2D eigenvalue weighted by Crippen LogP contribution is -2.49. The average molecular weight is 375 g/mol. The van der Waals surface area contributed by atoms with Gasteiger partial charge in [-0.2, -0.15) is 0 Å². The van der Waals surface area contributed by atoms with Gasteiger partial charge < -0.3 is 15.4 Å². The molecule has 6 heteroatoms. The van der Waals surface area contributed by atoms with Crippen molar-refractivity contribution in [3.8, 4) is 5.75 Å². The van der Waals surface area contributed by atoms with Crippen LogP contribution in [0, 0.1) is 5.92 Å². The maximum atomic E-state index is 12.5.